The number of nitrogens with one attached hydrogen (secondary N) is 1. The lowest BCUT2D eigenvalue weighted by Gasteiger charge is -2.16. The van der Waals surface area contributed by atoms with Gasteiger partial charge in [-0.2, -0.15) is 18.3 Å². The molecule has 1 aromatic heterocycles. The van der Waals surface area contributed by atoms with Crippen LogP contribution in [-0.4, -0.2) is 15.7 Å². The second kappa shape index (κ2) is 7.41. The van der Waals surface area contributed by atoms with Crippen molar-refractivity contribution in [3.05, 3.63) is 83.2 Å². The van der Waals surface area contributed by atoms with Crippen molar-refractivity contribution in [1.29, 1.82) is 0 Å². The number of rotatable bonds is 4. The van der Waals surface area contributed by atoms with Crippen LogP contribution in [0.5, 0.6) is 0 Å². The zero-order chi connectivity index (χ0) is 20.5. The van der Waals surface area contributed by atoms with Crippen LogP contribution in [0.2, 0.25) is 0 Å². The highest BCUT2D eigenvalue weighted by atomic mass is 19.4. The van der Waals surface area contributed by atoms with Crippen molar-refractivity contribution in [2.45, 2.75) is 19.1 Å². The quantitative estimate of drug-likeness (QED) is 0.653. The van der Waals surface area contributed by atoms with Crippen molar-refractivity contribution in [2.75, 3.05) is 0 Å². The summed E-state index contributed by atoms with van der Waals surface area (Å²) >= 11 is 0. The Balaban J connectivity index is 1.87. The molecular formula is C19H14F5N3O. The summed E-state index contributed by atoms with van der Waals surface area (Å²) in [5.41, 5.74) is -1.26. The van der Waals surface area contributed by atoms with E-state index >= 15 is 0 Å². The van der Waals surface area contributed by atoms with Gasteiger partial charge in [0.1, 0.15) is 17.3 Å². The molecule has 1 N–H and O–H groups in total. The van der Waals surface area contributed by atoms with Gasteiger partial charge in [-0.25, -0.2) is 13.5 Å². The number of alkyl halides is 3. The highest BCUT2D eigenvalue weighted by molar-refractivity contribution is 5.95. The van der Waals surface area contributed by atoms with E-state index in [0.717, 1.165) is 24.4 Å². The second-order valence-electron chi connectivity index (χ2n) is 6.01. The van der Waals surface area contributed by atoms with E-state index in [1.165, 1.54) is 37.3 Å². The average molecular weight is 395 g/mol. The molecule has 0 fully saturated rings. The lowest BCUT2D eigenvalue weighted by Crippen LogP contribution is -2.28. The van der Waals surface area contributed by atoms with Crippen molar-refractivity contribution in [3.63, 3.8) is 0 Å². The number of aromatic nitrogens is 2. The van der Waals surface area contributed by atoms with Crippen LogP contribution in [-0.2, 0) is 6.18 Å². The van der Waals surface area contributed by atoms with E-state index < -0.39 is 35.5 Å². The molecule has 0 saturated carbocycles. The molecule has 4 nitrogen and oxygen atoms in total. The Bertz CT molecular complexity index is 993. The minimum atomic E-state index is -4.62. The molecule has 1 amide bonds. The molecule has 9 heteroatoms. The van der Waals surface area contributed by atoms with Crippen molar-refractivity contribution in [2.24, 2.45) is 0 Å². The molecule has 0 saturated heterocycles. The van der Waals surface area contributed by atoms with Crippen LogP contribution in [0, 0.1) is 11.6 Å². The van der Waals surface area contributed by atoms with Gasteiger partial charge in [-0.05, 0) is 43.3 Å². The Labute approximate surface area is 156 Å². The molecule has 28 heavy (non-hydrogen) atoms. The third-order valence-electron chi connectivity index (χ3n) is 4.07. The van der Waals surface area contributed by atoms with Gasteiger partial charge in [0.15, 0.2) is 0 Å². The van der Waals surface area contributed by atoms with Crippen LogP contribution in [0.15, 0.2) is 54.7 Å². The number of hydrogen-bond donors (Lipinski definition) is 1. The minimum Gasteiger partial charge on any atom is -0.345 e. The van der Waals surface area contributed by atoms with Crippen LogP contribution < -0.4 is 5.32 Å². The minimum absolute atomic E-state index is 0.0183. The van der Waals surface area contributed by atoms with E-state index in [1.54, 1.807) is 0 Å². The normalized spacial score (nSPS) is 12.6. The van der Waals surface area contributed by atoms with Gasteiger partial charge in [0, 0.05) is 11.1 Å². The highest BCUT2D eigenvalue weighted by Crippen LogP contribution is 2.30. The summed E-state index contributed by atoms with van der Waals surface area (Å²) in [7, 11) is 0. The van der Waals surface area contributed by atoms with Crippen LogP contribution in [0.4, 0.5) is 22.0 Å². The largest absolute Gasteiger partial charge is 0.433 e. The molecule has 1 heterocycles. The van der Waals surface area contributed by atoms with Crippen LogP contribution >= 0.6 is 0 Å². The third kappa shape index (κ3) is 3.88. The molecule has 2 aromatic carbocycles. The maximum absolute atomic E-state index is 13.9. The number of amides is 1. The number of halogens is 5. The van der Waals surface area contributed by atoms with Gasteiger partial charge >= 0.3 is 6.18 Å². The summed E-state index contributed by atoms with van der Waals surface area (Å²) in [6.07, 6.45) is -3.62. The van der Waals surface area contributed by atoms with E-state index in [9.17, 15) is 26.7 Å². The first-order valence-corrected chi connectivity index (χ1v) is 8.15. The number of benzene rings is 2. The summed E-state index contributed by atoms with van der Waals surface area (Å²) in [5.74, 6) is -2.32. The molecule has 3 rings (SSSR count). The maximum Gasteiger partial charge on any atom is 0.433 e. The van der Waals surface area contributed by atoms with Crippen LogP contribution in [0.1, 0.15) is 34.6 Å². The SMILES string of the molecule is CC(NC(=O)c1cccc(-n2nccc2C(F)(F)F)c1)c1c(F)cccc1F. The summed E-state index contributed by atoms with van der Waals surface area (Å²) in [6, 6.07) is 8.50. The number of carbonyl (C=O) groups is 1. The molecular weight excluding hydrogens is 381 g/mol. The molecule has 3 aromatic rings. The van der Waals surface area contributed by atoms with Crippen LogP contribution in [0.25, 0.3) is 5.69 Å². The van der Waals surface area contributed by atoms with E-state index in [0.29, 0.717) is 4.68 Å². The van der Waals surface area contributed by atoms with Gasteiger partial charge in [0.2, 0.25) is 0 Å². The molecule has 1 atom stereocenters. The van der Waals surface area contributed by atoms with Gasteiger partial charge in [-0.3, -0.25) is 4.79 Å². The first-order valence-electron chi connectivity index (χ1n) is 8.15. The highest BCUT2D eigenvalue weighted by Gasteiger charge is 2.35. The van der Waals surface area contributed by atoms with E-state index in [-0.39, 0.29) is 16.8 Å². The monoisotopic (exact) mass is 395 g/mol. The molecule has 0 radical (unpaired) electrons. The van der Waals surface area contributed by atoms with Gasteiger partial charge in [0.05, 0.1) is 17.9 Å². The first-order chi connectivity index (χ1) is 13.2. The standard InChI is InChI=1S/C19H14F5N3O/c1-11(17-14(20)6-3-7-15(17)21)26-18(28)12-4-2-5-13(10-12)27-16(8-9-25-27)19(22,23)24/h2-11H,1H3,(H,26,28). The van der Waals surface area contributed by atoms with Crippen molar-refractivity contribution >= 4 is 5.91 Å². The smallest absolute Gasteiger partial charge is 0.345 e. The maximum atomic E-state index is 13.9. The number of nitrogens with zero attached hydrogens (tertiary/aromatic N) is 2. The van der Waals surface area contributed by atoms with Gasteiger partial charge in [-0.15, -0.1) is 0 Å². The van der Waals surface area contributed by atoms with Gasteiger partial charge in [0.25, 0.3) is 5.91 Å². The zero-order valence-corrected chi connectivity index (χ0v) is 14.5. The van der Waals surface area contributed by atoms with E-state index in [2.05, 4.69) is 10.4 Å². The lowest BCUT2D eigenvalue weighted by atomic mass is 10.1. The Hall–Kier alpha value is -3.23. The Morgan fingerprint density at radius 2 is 1.71 bits per heavy atom. The summed E-state index contributed by atoms with van der Waals surface area (Å²) in [5, 5.41) is 6.09. The van der Waals surface area contributed by atoms with Crippen LogP contribution in [0.3, 0.4) is 0 Å². The van der Waals surface area contributed by atoms with Crippen molar-refractivity contribution in [1.82, 2.24) is 15.1 Å². The molecule has 0 bridgehead atoms. The second-order valence-corrected chi connectivity index (χ2v) is 6.01. The van der Waals surface area contributed by atoms with Crippen molar-refractivity contribution in [3.8, 4) is 5.69 Å². The van der Waals surface area contributed by atoms with Gasteiger partial charge < -0.3 is 5.32 Å². The fraction of sp³-hybridized carbons (Fsp3) is 0.158. The van der Waals surface area contributed by atoms with Crippen molar-refractivity contribution < 1.29 is 26.7 Å². The predicted octanol–water partition coefficient (Wildman–Crippen LogP) is 4.66. The number of hydrogen-bond acceptors (Lipinski definition) is 2. The summed E-state index contributed by atoms with van der Waals surface area (Å²) in [6.45, 7) is 1.40. The summed E-state index contributed by atoms with van der Waals surface area (Å²) < 4.78 is 67.5. The number of carbonyl (C=O) groups excluding carboxylic acids is 1. The molecule has 0 aliphatic carbocycles. The fourth-order valence-corrected chi connectivity index (χ4v) is 2.78. The lowest BCUT2D eigenvalue weighted by molar-refractivity contribution is -0.142. The molecule has 0 spiro atoms. The zero-order valence-electron chi connectivity index (χ0n) is 14.5. The van der Waals surface area contributed by atoms with E-state index in [1.807, 2.05) is 0 Å². The van der Waals surface area contributed by atoms with Gasteiger partial charge in [-0.1, -0.05) is 12.1 Å². The Morgan fingerprint density at radius 1 is 1.07 bits per heavy atom. The topological polar surface area (TPSA) is 46.9 Å². The van der Waals surface area contributed by atoms with E-state index in [4.69, 9.17) is 0 Å². The molecule has 0 aliphatic heterocycles. The molecule has 1 unspecified atom stereocenters. The average Bonchev–Trinajstić information content (AvgIpc) is 3.12. The molecule has 0 aliphatic rings. The molecule has 146 valence electrons. The first kappa shape index (κ1) is 19.5. The fourth-order valence-electron chi connectivity index (χ4n) is 2.78. The predicted molar refractivity (Wildman–Crippen MR) is 90.8 cm³/mol. The summed E-state index contributed by atoms with van der Waals surface area (Å²) in [4.78, 5) is 12.4. The Kier molecular flexibility index (Phi) is 5.17. The third-order valence-corrected chi connectivity index (χ3v) is 4.07. The Morgan fingerprint density at radius 3 is 2.36 bits per heavy atom.